The maximum absolute atomic E-state index is 12.2. The average Bonchev–Trinajstić information content (AvgIpc) is 2.60. The van der Waals surface area contributed by atoms with Crippen molar-refractivity contribution in [1.29, 1.82) is 0 Å². The van der Waals surface area contributed by atoms with Crippen LogP contribution in [0, 0.1) is 0 Å². The van der Waals surface area contributed by atoms with E-state index in [4.69, 9.17) is 4.74 Å². The summed E-state index contributed by atoms with van der Waals surface area (Å²) in [4.78, 5) is 24.0. The number of hydrogen-bond acceptors (Lipinski definition) is 3. The summed E-state index contributed by atoms with van der Waals surface area (Å²) in [7, 11) is 1.59. The molecule has 0 spiro atoms. The van der Waals surface area contributed by atoms with E-state index in [0.29, 0.717) is 23.4 Å². The van der Waals surface area contributed by atoms with Crippen LogP contribution in [0.5, 0.6) is 5.75 Å². The molecule has 2 amide bonds. The molecule has 0 saturated heterocycles. The lowest BCUT2D eigenvalue weighted by Gasteiger charge is -2.07. The Kier molecular flexibility index (Phi) is 5.74. The maximum Gasteiger partial charge on any atom is 0.255 e. The highest BCUT2D eigenvalue weighted by atomic mass is 16.5. The van der Waals surface area contributed by atoms with Gasteiger partial charge in [0.05, 0.1) is 7.11 Å². The van der Waals surface area contributed by atoms with Gasteiger partial charge in [-0.05, 0) is 55.0 Å². The Bertz CT molecular complexity index is 664. The summed E-state index contributed by atoms with van der Waals surface area (Å²) in [6, 6.07) is 13.7. The summed E-state index contributed by atoms with van der Waals surface area (Å²) in [6.45, 7) is 2.63. The molecule has 23 heavy (non-hydrogen) atoms. The monoisotopic (exact) mass is 312 g/mol. The van der Waals surface area contributed by atoms with Crippen molar-refractivity contribution >= 4 is 17.5 Å². The van der Waals surface area contributed by atoms with E-state index >= 15 is 0 Å². The largest absolute Gasteiger partial charge is 0.497 e. The molecule has 120 valence electrons. The molecule has 0 saturated carbocycles. The topological polar surface area (TPSA) is 67.4 Å². The fourth-order valence-corrected chi connectivity index (χ4v) is 1.99. The summed E-state index contributed by atoms with van der Waals surface area (Å²) >= 11 is 0. The predicted molar refractivity (Wildman–Crippen MR) is 90.0 cm³/mol. The van der Waals surface area contributed by atoms with Gasteiger partial charge in [0.25, 0.3) is 11.8 Å². The van der Waals surface area contributed by atoms with Crippen molar-refractivity contribution < 1.29 is 14.3 Å². The highest BCUT2D eigenvalue weighted by Gasteiger charge is 2.09. The van der Waals surface area contributed by atoms with E-state index in [1.54, 1.807) is 55.6 Å². The number of amides is 2. The molecule has 0 aliphatic rings. The maximum atomic E-state index is 12.2. The number of carbonyl (C=O) groups excluding carboxylic acids is 2. The number of carbonyl (C=O) groups is 2. The second-order valence-corrected chi connectivity index (χ2v) is 5.02. The van der Waals surface area contributed by atoms with Crippen molar-refractivity contribution in [3.05, 3.63) is 59.7 Å². The average molecular weight is 312 g/mol. The first-order chi connectivity index (χ1) is 11.1. The molecule has 5 heteroatoms. The third-order valence-corrected chi connectivity index (χ3v) is 3.29. The highest BCUT2D eigenvalue weighted by molar-refractivity contribution is 6.05. The lowest BCUT2D eigenvalue weighted by Crippen LogP contribution is -2.24. The molecule has 0 fully saturated rings. The van der Waals surface area contributed by atoms with Crippen molar-refractivity contribution in [2.75, 3.05) is 19.0 Å². The van der Waals surface area contributed by atoms with Crippen LogP contribution in [0.4, 0.5) is 5.69 Å². The first-order valence-corrected chi connectivity index (χ1v) is 7.47. The molecular weight excluding hydrogens is 292 g/mol. The number of benzene rings is 2. The molecule has 0 aliphatic heterocycles. The van der Waals surface area contributed by atoms with E-state index < -0.39 is 0 Å². The third-order valence-electron chi connectivity index (χ3n) is 3.29. The molecule has 0 heterocycles. The Balaban J connectivity index is 2.00. The van der Waals surface area contributed by atoms with Gasteiger partial charge in [-0.2, -0.15) is 0 Å². The van der Waals surface area contributed by atoms with Gasteiger partial charge in [0, 0.05) is 23.4 Å². The Morgan fingerprint density at radius 2 is 1.48 bits per heavy atom. The first-order valence-electron chi connectivity index (χ1n) is 7.47. The minimum atomic E-state index is -0.226. The van der Waals surface area contributed by atoms with E-state index in [9.17, 15) is 9.59 Å². The van der Waals surface area contributed by atoms with Crippen LogP contribution in [0.3, 0.4) is 0 Å². The summed E-state index contributed by atoms with van der Waals surface area (Å²) < 4.78 is 5.07. The van der Waals surface area contributed by atoms with Crippen molar-refractivity contribution in [3.63, 3.8) is 0 Å². The summed E-state index contributed by atoms with van der Waals surface area (Å²) in [5.41, 5.74) is 1.72. The van der Waals surface area contributed by atoms with E-state index in [1.165, 1.54) is 0 Å². The number of methoxy groups -OCH3 is 1. The van der Waals surface area contributed by atoms with Crippen LogP contribution in [0.1, 0.15) is 34.1 Å². The van der Waals surface area contributed by atoms with Crippen molar-refractivity contribution in [3.8, 4) is 5.75 Å². The zero-order valence-corrected chi connectivity index (χ0v) is 13.3. The Morgan fingerprint density at radius 3 is 2.00 bits per heavy atom. The van der Waals surface area contributed by atoms with E-state index in [2.05, 4.69) is 10.6 Å². The molecule has 2 rings (SSSR count). The Morgan fingerprint density at radius 1 is 0.913 bits per heavy atom. The first kappa shape index (κ1) is 16.5. The molecule has 0 bridgehead atoms. The highest BCUT2D eigenvalue weighted by Crippen LogP contribution is 2.16. The predicted octanol–water partition coefficient (Wildman–Crippen LogP) is 3.09. The van der Waals surface area contributed by atoms with Gasteiger partial charge in [-0.25, -0.2) is 0 Å². The number of ether oxygens (including phenoxy) is 1. The molecule has 0 aliphatic carbocycles. The SMILES string of the molecule is CCCNC(=O)c1ccc(C(=O)Nc2ccc(OC)cc2)cc1. The van der Waals surface area contributed by atoms with E-state index in [0.717, 1.165) is 12.2 Å². The number of nitrogens with one attached hydrogen (secondary N) is 2. The third kappa shape index (κ3) is 4.57. The van der Waals surface area contributed by atoms with Crippen LogP contribution in [-0.4, -0.2) is 25.5 Å². The molecule has 0 unspecified atom stereocenters. The molecule has 2 aromatic rings. The minimum absolute atomic E-state index is 0.131. The number of rotatable bonds is 6. The van der Waals surface area contributed by atoms with Crippen LogP contribution in [0.15, 0.2) is 48.5 Å². The molecular formula is C18H20N2O3. The Hall–Kier alpha value is -2.82. The van der Waals surface area contributed by atoms with Gasteiger partial charge in [0.2, 0.25) is 0 Å². The Labute approximate surface area is 135 Å². The molecule has 2 N–H and O–H groups in total. The summed E-state index contributed by atoms with van der Waals surface area (Å²) in [5, 5.41) is 5.59. The van der Waals surface area contributed by atoms with Gasteiger partial charge >= 0.3 is 0 Å². The fourth-order valence-electron chi connectivity index (χ4n) is 1.99. The van der Waals surface area contributed by atoms with E-state index in [1.807, 2.05) is 6.92 Å². The van der Waals surface area contributed by atoms with Crippen molar-refractivity contribution in [2.45, 2.75) is 13.3 Å². The molecule has 0 radical (unpaired) electrons. The molecule has 0 atom stereocenters. The lowest BCUT2D eigenvalue weighted by molar-refractivity contribution is 0.0951. The fraction of sp³-hybridized carbons (Fsp3) is 0.222. The van der Waals surface area contributed by atoms with Crippen LogP contribution >= 0.6 is 0 Å². The normalized spacial score (nSPS) is 10.0. The molecule has 0 aromatic heterocycles. The van der Waals surface area contributed by atoms with Gasteiger partial charge in [-0.15, -0.1) is 0 Å². The van der Waals surface area contributed by atoms with Gasteiger partial charge in [-0.1, -0.05) is 6.92 Å². The second-order valence-electron chi connectivity index (χ2n) is 5.02. The smallest absolute Gasteiger partial charge is 0.255 e. The van der Waals surface area contributed by atoms with Crippen LogP contribution in [0.25, 0.3) is 0 Å². The molecule has 2 aromatic carbocycles. The molecule has 5 nitrogen and oxygen atoms in total. The summed E-state index contributed by atoms with van der Waals surface area (Å²) in [5.74, 6) is 0.370. The van der Waals surface area contributed by atoms with Crippen LogP contribution < -0.4 is 15.4 Å². The lowest BCUT2D eigenvalue weighted by atomic mass is 10.1. The number of anilines is 1. The van der Waals surface area contributed by atoms with E-state index in [-0.39, 0.29) is 11.8 Å². The standard InChI is InChI=1S/C18H20N2O3/c1-3-12-19-17(21)13-4-6-14(7-5-13)18(22)20-15-8-10-16(23-2)11-9-15/h4-11H,3,12H2,1-2H3,(H,19,21)(H,20,22). The summed E-state index contributed by atoms with van der Waals surface area (Å²) in [6.07, 6.45) is 0.883. The van der Waals surface area contributed by atoms with Crippen molar-refractivity contribution in [2.24, 2.45) is 0 Å². The van der Waals surface area contributed by atoms with Gasteiger partial charge < -0.3 is 15.4 Å². The van der Waals surface area contributed by atoms with Crippen LogP contribution in [-0.2, 0) is 0 Å². The van der Waals surface area contributed by atoms with Gasteiger partial charge in [-0.3, -0.25) is 9.59 Å². The van der Waals surface area contributed by atoms with Crippen molar-refractivity contribution in [1.82, 2.24) is 5.32 Å². The van der Waals surface area contributed by atoms with Gasteiger partial charge in [0.15, 0.2) is 0 Å². The zero-order chi connectivity index (χ0) is 16.7. The van der Waals surface area contributed by atoms with Gasteiger partial charge in [0.1, 0.15) is 5.75 Å². The number of hydrogen-bond donors (Lipinski definition) is 2. The zero-order valence-electron chi connectivity index (χ0n) is 13.3. The second kappa shape index (κ2) is 7.98. The quantitative estimate of drug-likeness (QED) is 0.861. The minimum Gasteiger partial charge on any atom is -0.497 e. The van der Waals surface area contributed by atoms with Crippen LogP contribution in [0.2, 0.25) is 0 Å².